The van der Waals surface area contributed by atoms with E-state index in [0.29, 0.717) is 5.56 Å². The van der Waals surface area contributed by atoms with Gasteiger partial charge in [-0.15, -0.1) is 0 Å². The lowest BCUT2D eigenvalue weighted by atomic mass is 10.1. The normalized spacial score (nSPS) is 10.8. The Bertz CT molecular complexity index is 741. The Labute approximate surface area is 118 Å². The van der Waals surface area contributed by atoms with Gasteiger partial charge in [0.15, 0.2) is 5.78 Å². The van der Waals surface area contributed by atoms with Gasteiger partial charge in [-0.3, -0.25) is 14.9 Å². The number of rotatable bonds is 4. The van der Waals surface area contributed by atoms with E-state index in [2.05, 4.69) is 0 Å². The molecule has 0 N–H and O–H groups in total. The molecule has 0 atom stereocenters. The summed E-state index contributed by atoms with van der Waals surface area (Å²) in [4.78, 5) is 21.8. The number of nitro benzene ring substituents is 1. The lowest BCUT2D eigenvalue weighted by Crippen LogP contribution is -1.99. The van der Waals surface area contributed by atoms with Gasteiger partial charge < -0.3 is 0 Å². The van der Waals surface area contributed by atoms with Crippen LogP contribution in [0.5, 0.6) is 0 Å². The van der Waals surface area contributed by atoms with Crippen molar-refractivity contribution in [2.75, 3.05) is 0 Å². The maximum atomic E-state index is 13.4. The van der Waals surface area contributed by atoms with Crippen molar-refractivity contribution in [1.82, 2.24) is 0 Å². The number of benzene rings is 2. The summed E-state index contributed by atoms with van der Waals surface area (Å²) in [5, 5.41) is 10.6. The average Bonchev–Trinajstić information content (AvgIpc) is 2.47. The molecule has 0 heterocycles. The van der Waals surface area contributed by atoms with E-state index in [0.717, 1.165) is 24.3 Å². The van der Waals surface area contributed by atoms with Crippen LogP contribution in [0.3, 0.4) is 0 Å². The van der Waals surface area contributed by atoms with Crippen LogP contribution in [0.1, 0.15) is 15.9 Å². The van der Waals surface area contributed by atoms with Gasteiger partial charge in [0.05, 0.1) is 10.5 Å². The quantitative estimate of drug-likeness (QED) is 0.372. The molecule has 0 fully saturated rings. The summed E-state index contributed by atoms with van der Waals surface area (Å²) < 4.78 is 26.4. The zero-order chi connectivity index (χ0) is 15.4. The average molecular weight is 289 g/mol. The van der Waals surface area contributed by atoms with Crippen molar-refractivity contribution < 1.29 is 18.5 Å². The lowest BCUT2D eigenvalue weighted by molar-refractivity contribution is -0.384. The molecule has 0 aromatic heterocycles. The second-order valence-corrected chi connectivity index (χ2v) is 4.17. The van der Waals surface area contributed by atoms with Crippen molar-refractivity contribution in [3.05, 3.63) is 81.4 Å². The molecule has 0 aliphatic rings. The fraction of sp³-hybridized carbons (Fsp3) is 0. The highest BCUT2D eigenvalue weighted by atomic mass is 19.1. The van der Waals surface area contributed by atoms with Gasteiger partial charge in [-0.2, -0.15) is 0 Å². The molecule has 0 amide bonds. The first-order valence-corrected chi connectivity index (χ1v) is 5.89. The summed E-state index contributed by atoms with van der Waals surface area (Å²) >= 11 is 0. The van der Waals surface area contributed by atoms with E-state index in [1.807, 2.05) is 0 Å². The number of nitrogens with zero attached hydrogens (tertiary/aromatic N) is 1. The van der Waals surface area contributed by atoms with Crippen LogP contribution < -0.4 is 0 Å². The second kappa shape index (κ2) is 6.04. The van der Waals surface area contributed by atoms with E-state index in [4.69, 9.17) is 0 Å². The Balaban J connectivity index is 2.24. The Hall–Kier alpha value is -2.89. The first-order chi connectivity index (χ1) is 9.97. The number of carbonyl (C=O) groups is 1. The maximum Gasteiger partial charge on any atom is 0.270 e. The molecule has 0 aliphatic carbocycles. The number of ketones is 1. The van der Waals surface area contributed by atoms with E-state index < -0.39 is 27.9 Å². The van der Waals surface area contributed by atoms with Crippen LogP contribution in [0.2, 0.25) is 0 Å². The monoisotopic (exact) mass is 289 g/mol. The molecular weight excluding hydrogens is 280 g/mol. The molecule has 0 saturated heterocycles. The largest absolute Gasteiger partial charge is 0.289 e. The second-order valence-electron chi connectivity index (χ2n) is 4.17. The minimum atomic E-state index is -0.829. The Morgan fingerprint density at radius 3 is 2.62 bits per heavy atom. The number of halogens is 2. The molecule has 21 heavy (non-hydrogen) atoms. The number of allylic oxidation sites excluding steroid dienone is 1. The van der Waals surface area contributed by atoms with E-state index in [1.54, 1.807) is 6.07 Å². The highest BCUT2D eigenvalue weighted by Crippen LogP contribution is 2.15. The SMILES string of the molecule is O=C(/C=C/c1cccc([N+](=O)[O-])c1)c1cc(F)ccc1F. The van der Waals surface area contributed by atoms with Crippen LogP contribution in [-0.4, -0.2) is 10.7 Å². The number of hydrogen-bond acceptors (Lipinski definition) is 3. The molecule has 0 unspecified atom stereocenters. The summed E-state index contributed by atoms with van der Waals surface area (Å²) in [6, 6.07) is 8.18. The third-order valence-corrected chi connectivity index (χ3v) is 2.70. The third-order valence-electron chi connectivity index (χ3n) is 2.70. The van der Waals surface area contributed by atoms with Gasteiger partial charge in [0.25, 0.3) is 5.69 Å². The van der Waals surface area contributed by atoms with Crippen LogP contribution in [-0.2, 0) is 0 Å². The third kappa shape index (κ3) is 3.56. The molecule has 2 aromatic carbocycles. The molecule has 106 valence electrons. The van der Waals surface area contributed by atoms with Crippen molar-refractivity contribution >= 4 is 17.5 Å². The molecule has 6 heteroatoms. The van der Waals surface area contributed by atoms with E-state index in [1.165, 1.54) is 24.3 Å². The van der Waals surface area contributed by atoms with Gasteiger partial charge in [0.2, 0.25) is 0 Å². The summed E-state index contributed by atoms with van der Waals surface area (Å²) in [5.74, 6) is -2.27. The van der Waals surface area contributed by atoms with Gasteiger partial charge in [0, 0.05) is 12.1 Å². The highest BCUT2D eigenvalue weighted by Gasteiger charge is 2.10. The van der Waals surface area contributed by atoms with Crippen LogP contribution >= 0.6 is 0 Å². The number of carbonyl (C=O) groups excluding carboxylic acids is 1. The predicted molar refractivity (Wildman–Crippen MR) is 72.8 cm³/mol. The van der Waals surface area contributed by atoms with Gasteiger partial charge in [-0.1, -0.05) is 18.2 Å². The van der Waals surface area contributed by atoms with Crippen molar-refractivity contribution in [1.29, 1.82) is 0 Å². The standard InChI is InChI=1S/C15H9F2NO3/c16-11-5-6-14(17)13(9-11)15(19)7-4-10-2-1-3-12(8-10)18(20)21/h1-9H/b7-4+. The van der Waals surface area contributed by atoms with Gasteiger partial charge in [-0.05, 0) is 29.8 Å². The van der Waals surface area contributed by atoms with Crippen molar-refractivity contribution in [3.63, 3.8) is 0 Å². The van der Waals surface area contributed by atoms with E-state index in [9.17, 15) is 23.7 Å². The predicted octanol–water partition coefficient (Wildman–Crippen LogP) is 3.77. The van der Waals surface area contributed by atoms with Crippen LogP contribution in [0.25, 0.3) is 6.08 Å². The topological polar surface area (TPSA) is 60.2 Å². The van der Waals surface area contributed by atoms with Gasteiger partial charge in [0.1, 0.15) is 11.6 Å². The molecule has 0 bridgehead atoms. The molecular formula is C15H9F2NO3. The minimum Gasteiger partial charge on any atom is -0.289 e. The van der Waals surface area contributed by atoms with Gasteiger partial charge in [-0.25, -0.2) is 8.78 Å². The number of hydrogen-bond donors (Lipinski definition) is 0. The van der Waals surface area contributed by atoms with Crippen molar-refractivity contribution in [3.8, 4) is 0 Å². The van der Waals surface area contributed by atoms with E-state index in [-0.39, 0.29) is 5.69 Å². The summed E-state index contributed by atoms with van der Waals surface area (Å²) in [6.07, 6.45) is 2.34. The number of nitro groups is 1. The minimum absolute atomic E-state index is 0.124. The smallest absolute Gasteiger partial charge is 0.270 e. The van der Waals surface area contributed by atoms with Crippen LogP contribution in [0, 0.1) is 21.7 Å². The zero-order valence-electron chi connectivity index (χ0n) is 10.6. The molecule has 0 spiro atoms. The Morgan fingerprint density at radius 2 is 1.90 bits per heavy atom. The maximum absolute atomic E-state index is 13.4. The molecule has 0 radical (unpaired) electrons. The summed E-state index contributed by atoms with van der Waals surface area (Å²) in [6.45, 7) is 0. The first kappa shape index (κ1) is 14.5. The van der Waals surface area contributed by atoms with Crippen molar-refractivity contribution in [2.45, 2.75) is 0 Å². The van der Waals surface area contributed by atoms with Gasteiger partial charge >= 0.3 is 0 Å². The molecule has 4 nitrogen and oxygen atoms in total. The number of non-ortho nitro benzene ring substituents is 1. The van der Waals surface area contributed by atoms with Crippen LogP contribution in [0.4, 0.5) is 14.5 Å². The fourth-order valence-corrected chi connectivity index (χ4v) is 1.69. The summed E-state index contributed by atoms with van der Waals surface area (Å²) in [5.41, 5.74) is -0.104. The molecule has 2 aromatic rings. The molecule has 0 aliphatic heterocycles. The lowest BCUT2D eigenvalue weighted by Gasteiger charge is -1.99. The summed E-state index contributed by atoms with van der Waals surface area (Å²) in [7, 11) is 0. The zero-order valence-corrected chi connectivity index (χ0v) is 10.6. The Morgan fingerprint density at radius 1 is 1.14 bits per heavy atom. The van der Waals surface area contributed by atoms with Crippen molar-refractivity contribution in [2.24, 2.45) is 0 Å². The van der Waals surface area contributed by atoms with Crippen LogP contribution in [0.15, 0.2) is 48.5 Å². The molecule has 2 rings (SSSR count). The highest BCUT2D eigenvalue weighted by molar-refractivity contribution is 6.07. The first-order valence-electron chi connectivity index (χ1n) is 5.89. The Kier molecular flexibility index (Phi) is 4.18. The molecule has 0 saturated carbocycles. The van der Waals surface area contributed by atoms with E-state index >= 15 is 0 Å². The fourth-order valence-electron chi connectivity index (χ4n) is 1.69.